The van der Waals surface area contributed by atoms with Crippen molar-refractivity contribution in [2.75, 3.05) is 13.1 Å². The van der Waals surface area contributed by atoms with Crippen LogP contribution in [0.5, 0.6) is 5.75 Å². The van der Waals surface area contributed by atoms with Crippen molar-refractivity contribution in [2.24, 2.45) is 0 Å². The minimum absolute atomic E-state index is 0.0978. The van der Waals surface area contributed by atoms with E-state index in [9.17, 15) is 15.3 Å². The molecule has 1 heterocycles. The predicted octanol–water partition coefficient (Wildman–Crippen LogP) is 2.49. The van der Waals surface area contributed by atoms with Crippen molar-refractivity contribution >= 4 is 0 Å². The van der Waals surface area contributed by atoms with Gasteiger partial charge in [-0.05, 0) is 36.6 Å². The Labute approximate surface area is 143 Å². The van der Waals surface area contributed by atoms with Gasteiger partial charge < -0.3 is 15.3 Å². The van der Waals surface area contributed by atoms with Crippen molar-refractivity contribution in [3.8, 4) is 5.75 Å². The Bertz CT molecular complexity index is 658. The summed E-state index contributed by atoms with van der Waals surface area (Å²) in [6.45, 7) is 3.30. The van der Waals surface area contributed by atoms with Crippen LogP contribution < -0.4 is 0 Å². The number of phenolic OH excluding ortho intramolecular Hbond substituents is 1. The van der Waals surface area contributed by atoms with Crippen molar-refractivity contribution in [2.45, 2.75) is 37.5 Å². The second-order valence-electron chi connectivity index (χ2n) is 6.88. The summed E-state index contributed by atoms with van der Waals surface area (Å²) in [7, 11) is 0. The fourth-order valence-corrected chi connectivity index (χ4v) is 3.51. The molecule has 3 atom stereocenters. The van der Waals surface area contributed by atoms with Crippen LogP contribution in [0, 0.1) is 0 Å². The largest absolute Gasteiger partial charge is 0.508 e. The summed E-state index contributed by atoms with van der Waals surface area (Å²) in [5.41, 5.74) is 1.16. The van der Waals surface area contributed by atoms with E-state index in [0.29, 0.717) is 19.4 Å². The summed E-state index contributed by atoms with van der Waals surface area (Å²) in [6.07, 6.45) is 0.686. The van der Waals surface area contributed by atoms with Gasteiger partial charge in [0.15, 0.2) is 0 Å². The molecule has 3 rings (SSSR count). The summed E-state index contributed by atoms with van der Waals surface area (Å²) in [6, 6.07) is 16.6. The smallest absolute Gasteiger partial charge is 0.115 e. The van der Waals surface area contributed by atoms with Gasteiger partial charge in [0, 0.05) is 25.6 Å². The lowest BCUT2D eigenvalue weighted by atomic mass is 9.94. The number of β-amino-alcohol motifs (C(OH)–C–C–N with tert-alkyl or cyclic N) is 1. The molecule has 3 N–H and O–H groups in total. The lowest BCUT2D eigenvalue weighted by Crippen LogP contribution is -2.41. The Balaban J connectivity index is 1.64. The molecule has 128 valence electrons. The molecule has 1 fully saturated rings. The zero-order valence-electron chi connectivity index (χ0n) is 14.0. The number of hydrogen-bond donors (Lipinski definition) is 3. The number of nitrogens with zero attached hydrogens (tertiary/aromatic N) is 1. The van der Waals surface area contributed by atoms with Gasteiger partial charge in [0.2, 0.25) is 0 Å². The van der Waals surface area contributed by atoms with E-state index in [1.807, 2.05) is 37.3 Å². The number of benzene rings is 2. The van der Waals surface area contributed by atoms with Crippen molar-refractivity contribution in [1.82, 2.24) is 4.90 Å². The van der Waals surface area contributed by atoms with Gasteiger partial charge in [-0.25, -0.2) is 0 Å². The lowest BCUT2D eigenvalue weighted by Gasteiger charge is -2.30. The lowest BCUT2D eigenvalue weighted by molar-refractivity contribution is 0.0241. The molecule has 1 aliphatic rings. The topological polar surface area (TPSA) is 63.9 Å². The van der Waals surface area contributed by atoms with Crippen LogP contribution in [0.3, 0.4) is 0 Å². The first-order valence-corrected chi connectivity index (χ1v) is 8.44. The number of rotatable bonds is 5. The first-order valence-electron chi connectivity index (χ1n) is 8.44. The van der Waals surface area contributed by atoms with E-state index in [0.717, 1.165) is 17.7 Å². The normalized spacial score (nSPS) is 24.0. The van der Waals surface area contributed by atoms with Gasteiger partial charge in [0.05, 0.1) is 11.7 Å². The van der Waals surface area contributed by atoms with Crippen LogP contribution in [0.15, 0.2) is 54.6 Å². The van der Waals surface area contributed by atoms with E-state index in [2.05, 4.69) is 4.90 Å². The molecular weight excluding hydrogens is 302 g/mol. The summed E-state index contributed by atoms with van der Waals surface area (Å²) in [5.74, 6) is 0.192. The second-order valence-corrected chi connectivity index (χ2v) is 6.88. The third-order valence-corrected chi connectivity index (χ3v) is 5.01. The molecule has 0 saturated carbocycles. The molecule has 24 heavy (non-hydrogen) atoms. The summed E-state index contributed by atoms with van der Waals surface area (Å²) in [5, 5.41) is 30.9. The molecule has 1 unspecified atom stereocenters. The fraction of sp³-hybridized carbons (Fsp3) is 0.400. The van der Waals surface area contributed by atoms with Crippen molar-refractivity contribution in [3.63, 3.8) is 0 Å². The average Bonchev–Trinajstić information content (AvgIpc) is 2.97. The minimum Gasteiger partial charge on any atom is -0.508 e. The summed E-state index contributed by atoms with van der Waals surface area (Å²) < 4.78 is 0. The second kappa shape index (κ2) is 6.93. The van der Waals surface area contributed by atoms with E-state index >= 15 is 0 Å². The van der Waals surface area contributed by atoms with Crippen LogP contribution in [0.2, 0.25) is 0 Å². The third-order valence-electron chi connectivity index (χ3n) is 5.01. The molecule has 1 saturated heterocycles. The van der Waals surface area contributed by atoms with E-state index in [-0.39, 0.29) is 11.8 Å². The summed E-state index contributed by atoms with van der Waals surface area (Å²) >= 11 is 0. The zero-order chi connectivity index (χ0) is 17.2. The Morgan fingerprint density at radius 2 is 1.75 bits per heavy atom. The molecule has 0 aromatic heterocycles. The maximum absolute atomic E-state index is 10.9. The maximum Gasteiger partial charge on any atom is 0.115 e. The molecule has 2 aromatic rings. The molecule has 2 aromatic carbocycles. The fourth-order valence-electron chi connectivity index (χ4n) is 3.51. The molecule has 0 spiro atoms. The number of aliphatic hydroxyl groups is 2. The monoisotopic (exact) mass is 327 g/mol. The number of likely N-dealkylation sites (tertiary alicyclic amines) is 1. The Hall–Kier alpha value is -1.88. The van der Waals surface area contributed by atoms with Crippen molar-refractivity contribution < 1.29 is 15.3 Å². The van der Waals surface area contributed by atoms with Crippen LogP contribution in [-0.4, -0.2) is 45.0 Å². The SMILES string of the molecule is C[C@@H]([C@@H](O)c1ccc(O)cc1)N1CCC(O)(Cc2ccccc2)C1. The molecule has 0 amide bonds. The van der Waals surface area contributed by atoms with Crippen LogP contribution in [0.4, 0.5) is 0 Å². The summed E-state index contributed by atoms with van der Waals surface area (Å²) in [4.78, 5) is 2.14. The minimum atomic E-state index is -0.746. The van der Waals surface area contributed by atoms with Crippen LogP contribution in [-0.2, 0) is 6.42 Å². The Morgan fingerprint density at radius 1 is 1.08 bits per heavy atom. The molecule has 0 radical (unpaired) electrons. The van der Waals surface area contributed by atoms with Gasteiger partial charge in [0.25, 0.3) is 0 Å². The molecule has 0 aliphatic carbocycles. The molecular formula is C20H25NO3. The first-order chi connectivity index (χ1) is 11.5. The van der Waals surface area contributed by atoms with Crippen LogP contribution >= 0.6 is 0 Å². The van der Waals surface area contributed by atoms with Gasteiger partial charge in [-0.3, -0.25) is 4.90 Å². The number of aliphatic hydroxyl groups excluding tert-OH is 1. The van der Waals surface area contributed by atoms with Gasteiger partial charge in [-0.2, -0.15) is 0 Å². The van der Waals surface area contributed by atoms with E-state index in [4.69, 9.17) is 0 Å². The van der Waals surface area contributed by atoms with Gasteiger partial charge in [0.1, 0.15) is 5.75 Å². The molecule has 4 nitrogen and oxygen atoms in total. The average molecular weight is 327 g/mol. The Kier molecular flexibility index (Phi) is 4.90. The van der Waals surface area contributed by atoms with Gasteiger partial charge in [-0.1, -0.05) is 42.5 Å². The zero-order valence-corrected chi connectivity index (χ0v) is 14.0. The van der Waals surface area contributed by atoms with E-state index in [1.54, 1.807) is 24.3 Å². The van der Waals surface area contributed by atoms with E-state index < -0.39 is 11.7 Å². The van der Waals surface area contributed by atoms with Crippen LogP contribution in [0.1, 0.15) is 30.6 Å². The van der Waals surface area contributed by atoms with E-state index in [1.165, 1.54) is 0 Å². The standard InChI is InChI=1S/C20H25NO3/c1-15(19(23)17-7-9-18(22)10-8-17)21-12-11-20(24,14-21)13-16-5-3-2-4-6-16/h2-10,15,19,22-24H,11-14H2,1H3/t15-,19+,20?/m0/s1. The molecule has 4 heteroatoms. The third kappa shape index (κ3) is 3.78. The molecule has 0 bridgehead atoms. The molecule has 1 aliphatic heterocycles. The van der Waals surface area contributed by atoms with Crippen LogP contribution in [0.25, 0.3) is 0 Å². The van der Waals surface area contributed by atoms with Gasteiger partial charge >= 0.3 is 0 Å². The Morgan fingerprint density at radius 3 is 2.42 bits per heavy atom. The van der Waals surface area contributed by atoms with Crippen molar-refractivity contribution in [3.05, 3.63) is 65.7 Å². The quantitative estimate of drug-likeness (QED) is 0.789. The highest BCUT2D eigenvalue weighted by Crippen LogP contribution is 2.31. The van der Waals surface area contributed by atoms with Crippen molar-refractivity contribution in [1.29, 1.82) is 0 Å². The number of hydrogen-bond acceptors (Lipinski definition) is 4. The number of phenols is 1. The maximum atomic E-state index is 10.9. The highest BCUT2D eigenvalue weighted by atomic mass is 16.3. The first kappa shape index (κ1) is 17.0. The number of aromatic hydroxyl groups is 1. The predicted molar refractivity (Wildman–Crippen MR) is 93.8 cm³/mol. The highest BCUT2D eigenvalue weighted by molar-refractivity contribution is 5.28. The highest BCUT2D eigenvalue weighted by Gasteiger charge is 2.39. The van der Waals surface area contributed by atoms with Gasteiger partial charge in [-0.15, -0.1) is 0 Å².